The van der Waals surface area contributed by atoms with Crippen LogP contribution in [0, 0.1) is 13.8 Å². The van der Waals surface area contributed by atoms with Crippen LogP contribution in [0.15, 0.2) is 30.3 Å². The summed E-state index contributed by atoms with van der Waals surface area (Å²) in [7, 11) is 0. The van der Waals surface area contributed by atoms with Gasteiger partial charge in [-0.15, -0.1) is 0 Å². The molecule has 0 aliphatic rings. The Kier molecular flexibility index (Phi) is 5.68. The van der Waals surface area contributed by atoms with Gasteiger partial charge in [-0.05, 0) is 43.4 Å². The summed E-state index contributed by atoms with van der Waals surface area (Å²) in [4.78, 5) is 20.3. The van der Waals surface area contributed by atoms with Gasteiger partial charge in [0.1, 0.15) is 0 Å². The molecule has 0 saturated heterocycles. The van der Waals surface area contributed by atoms with Gasteiger partial charge in [-0.1, -0.05) is 38.1 Å². The van der Waals surface area contributed by atoms with Crippen LogP contribution in [0.1, 0.15) is 48.7 Å². The first-order chi connectivity index (χ1) is 10.9. The molecule has 2 aromatic rings. The third-order valence-electron chi connectivity index (χ3n) is 3.58. The van der Waals surface area contributed by atoms with E-state index in [0.717, 1.165) is 17.0 Å². The van der Waals surface area contributed by atoms with Gasteiger partial charge < -0.3 is 0 Å². The van der Waals surface area contributed by atoms with Crippen molar-refractivity contribution in [2.24, 2.45) is 0 Å². The van der Waals surface area contributed by atoms with Crippen molar-refractivity contribution in [2.45, 2.75) is 46.5 Å². The molecule has 0 aliphatic carbocycles. The summed E-state index contributed by atoms with van der Waals surface area (Å²) >= 11 is 0. The van der Waals surface area contributed by atoms with Crippen molar-refractivity contribution in [3.63, 3.8) is 0 Å². The van der Waals surface area contributed by atoms with Gasteiger partial charge in [0.15, 0.2) is 0 Å². The molecule has 5 heteroatoms. The lowest BCUT2D eigenvalue weighted by molar-refractivity contribution is -0.120. The Morgan fingerprint density at radius 3 is 2.26 bits per heavy atom. The first-order valence-corrected chi connectivity index (χ1v) is 7.90. The van der Waals surface area contributed by atoms with Crippen molar-refractivity contribution < 1.29 is 4.79 Å². The number of hydrazine groups is 1. The van der Waals surface area contributed by atoms with Gasteiger partial charge in [0, 0.05) is 17.8 Å². The van der Waals surface area contributed by atoms with Crippen LogP contribution in [0.25, 0.3) is 0 Å². The summed E-state index contributed by atoms with van der Waals surface area (Å²) in [6.07, 6.45) is 1.12. The fourth-order valence-electron chi connectivity index (χ4n) is 2.30. The number of anilines is 1. The Labute approximate surface area is 137 Å². The number of nitrogens with one attached hydrogen (secondary N) is 2. The molecule has 2 N–H and O–H groups in total. The maximum atomic E-state index is 11.9. The summed E-state index contributed by atoms with van der Waals surface area (Å²) < 4.78 is 0. The summed E-state index contributed by atoms with van der Waals surface area (Å²) in [5.41, 5.74) is 9.60. The van der Waals surface area contributed by atoms with Crippen LogP contribution < -0.4 is 10.9 Å². The predicted molar refractivity (Wildman–Crippen MR) is 92.1 cm³/mol. The van der Waals surface area contributed by atoms with Crippen molar-refractivity contribution in [3.05, 3.63) is 52.8 Å². The summed E-state index contributed by atoms with van der Waals surface area (Å²) in [5, 5.41) is 0. The number of aromatic nitrogens is 2. The maximum Gasteiger partial charge on any atom is 0.242 e. The Bertz CT molecular complexity index is 645. The van der Waals surface area contributed by atoms with E-state index >= 15 is 0 Å². The van der Waals surface area contributed by atoms with Gasteiger partial charge in [-0.2, -0.15) is 0 Å². The fourth-order valence-corrected chi connectivity index (χ4v) is 2.30. The number of carbonyl (C=O) groups is 1. The number of nitrogens with zero attached hydrogens (tertiary/aromatic N) is 2. The summed E-state index contributed by atoms with van der Waals surface area (Å²) in [6.45, 7) is 8.12. The molecule has 0 radical (unpaired) electrons. The van der Waals surface area contributed by atoms with E-state index in [4.69, 9.17) is 0 Å². The first kappa shape index (κ1) is 16.9. The first-order valence-electron chi connectivity index (χ1n) is 7.90. The van der Waals surface area contributed by atoms with Crippen LogP contribution in [0.3, 0.4) is 0 Å². The Balaban J connectivity index is 1.80. The zero-order valence-electron chi connectivity index (χ0n) is 14.2. The molecule has 0 unspecified atom stereocenters. The second-order valence-electron chi connectivity index (χ2n) is 6.04. The number of carbonyl (C=O) groups excluding carboxylic acids is 1. The SMILES string of the molecule is Cc1cc(C)nc(NNC(=O)CCc2ccc(C(C)C)cc2)n1. The predicted octanol–water partition coefficient (Wildman–Crippen LogP) is 3.29. The van der Waals surface area contributed by atoms with Gasteiger partial charge in [-0.3, -0.25) is 15.6 Å². The average Bonchev–Trinajstić information content (AvgIpc) is 2.50. The largest absolute Gasteiger partial charge is 0.273 e. The smallest absolute Gasteiger partial charge is 0.242 e. The van der Waals surface area contributed by atoms with Gasteiger partial charge in [0.25, 0.3) is 0 Å². The molecule has 5 nitrogen and oxygen atoms in total. The lowest BCUT2D eigenvalue weighted by atomic mass is 10.0. The Morgan fingerprint density at radius 2 is 1.70 bits per heavy atom. The van der Waals surface area contributed by atoms with E-state index in [2.05, 4.69) is 58.9 Å². The third-order valence-corrected chi connectivity index (χ3v) is 3.58. The molecule has 0 spiro atoms. The molecule has 1 heterocycles. The van der Waals surface area contributed by atoms with E-state index in [-0.39, 0.29) is 5.91 Å². The summed E-state index contributed by atoms with van der Waals surface area (Å²) in [5.74, 6) is 0.854. The molecule has 0 aliphatic heterocycles. The van der Waals surface area contributed by atoms with Gasteiger partial charge >= 0.3 is 0 Å². The highest BCUT2D eigenvalue weighted by molar-refractivity contribution is 5.77. The zero-order chi connectivity index (χ0) is 16.8. The molecule has 0 saturated carbocycles. The number of rotatable bonds is 6. The maximum absolute atomic E-state index is 11.9. The minimum atomic E-state index is -0.0827. The Morgan fingerprint density at radius 1 is 1.09 bits per heavy atom. The van der Waals surface area contributed by atoms with E-state index in [1.54, 1.807) is 0 Å². The molecule has 1 aromatic heterocycles. The van der Waals surface area contributed by atoms with E-state index < -0.39 is 0 Å². The van der Waals surface area contributed by atoms with Crippen molar-refractivity contribution >= 4 is 11.9 Å². The van der Waals surface area contributed by atoms with Crippen molar-refractivity contribution in [1.82, 2.24) is 15.4 Å². The van der Waals surface area contributed by atoms with Crippen LogP contribution in [0.2, 0.25) is 0 Å². The van der Waals surface area contributed by atoms with E-state index in [1.165, 1.54) is 5.56 Å². The van der Waals surface area contributed by atoms with Crippen LogP contribution in [0.5, 0.6) is 0 Å². The quantitative estimate of drug-likeness (QED) is 0.803. The molecule has 2 rings (SSSR count). The minimum absolute atomic E-state index is 0.0827. The van der Waals surface area contributed by atoms with E-state index in [0.29, 0.717) is 24.7 Å². The molecule has 1 amide bonds. The molecule has 0 atom stereocenters. The monoisotopic (exact) mass is 312 g/mol. The highest BCUT2D eigenvalue weighted by Crippen LogP contribution is 2.15. The van der Waals surface area contributed by atoms with E-state index in [1.807, 2.05) is 19.9 Å². The Hall–Kier alpha value is -2.43. The highest BCUT2D eigenvalue weighted by Gasteiger charge is 2.05. The molecule has 1 aromatic carbocycles. The lowest BCUT2D eigenvalue weighted by Gasteiger charge is -2.09. The fraction of sp³-hybridized carbons (Fsp3) is 0.389. The molecular formula is C18H24N4O. The number of hydrogen-bond donors (Lipinski definition) is 2. The highest BCUT2D eigenvalue weighted by atomic mass is 16.2. The van der Waals surface area contributed by atoms with Crippen LogP contribution >= 0.6 is 0 Å². The average molecular weight is 312 g/mol. The van der Waals surface area contributed by atoms with Crippen LogP contribution in [-0.2, 0) is 11.2 Å². The van der Waals surface area contributed by atoms with Gasteiger partial charge in [0.05, 0.1) is 0 Å². The van der Waals surface area contributed by atoms with Crippen molar-refractivity contribution in [2.75, 3.05) is 5.43 Å². The number of benzene rings is 1. The zero-order valence-corrected chi connectivity index (χ0v) is 14.2. The second-order valence-corrected chi connectivity index (χ2v) is 6.04. The molecule has 122 valence electrons. The normalized spacial score (nSPS) is 10.7. The summed E-state index contributed by atoms with van der Waals surface area (Å²) in [6, 6.07) is 10.3. The lowest BCUT2D eigenvalue weighted by Crippen LogP contribution is -2.30. The molecular weight excluding hydrogens is 288 g/mol. The molecule has 0 bridgehead atoms. The second kappa shape index (κ2) is 7.72. The number of hydrogen-bond acceptors (Lipinski definition) is 4. The topological polar surface area (TPSA) is 66.9 Å². The minimum Gasteiger partial charge on any atom is -0.273 e. The van der Waals surface area contributed by atoms with Crippen LogP contribution in [-0.4, -0.2) is 15.9 Å². The van der Waals surface area contributed by atoms with Gasteiger partial charge in [-0.25, -0.2) is 9.97 Å². The van der Waals surface area contributed by atoms with Crippen LogP contribution in [0.4, 0.5) is 5.95 Å². The van der Waals surface area contributed by atoms with Crippen molar-refractivity contribution in [1.29, 1.82) is 0 Å². The number of aryl methyl sites for hydroxylation is 3. The molecule has 23 heavy (non-hydrogen) atoms. The van der Waals surface area contributed by atoms with E-state index in [9.17, 15) is 4.79 Å². The standard InChI is InChI=1S/C18H24N4O/c1-12(2)16-8-5-15(6-9-16)7-10-17(23)21-22-18-19-13(3)11-14(4)20-18/h5-6,8-9,11-12H,7,10H2,1-4H3,(H,21,23)(H,19,20,22). The van der Waals surface area contributed by atoms with Gasteiger partial charge in [0.2, 0.25) is 11.9 Å². The molecule has 0 fully saturated rings. The number of amides is 1. The third kappa shape index (κ3) is 5.36. The van der Waals surface area contributed by atoms with Crippen molar-refractivity contribution in [3.8, 4) is 0 Å².